The van der Waals surface area contributed by atoms with E-state index in [0.717, 1.165) is 30.8 Å². The van der Waals surface area contributed by atoms with Crippen molar-refractivity contribution in [3.05, 3.63) is 72.6 Å². The van der Waals surface area contributed by atoms with Crippen LogP contribution in [0.15, 0.2) is 72.0 Å². The fourth-order valence-corrected chi connectivity index (χ4v) is 2.94. The number of nitrogens with zero attached hydrogens (tertiary/aromatic N) is 2. The minimum absolute atomic E-state index is 0.285. The highest BCUT2D eigenvalue weighted by molar-refractivity contribution is 5.83. The summed E-state index contributed by atoms with van der Waals surface area (Å²) >= 11 is 0. The summed E-state index contributed by atoms with van der Waals surface area (Å²) < 4.78 is 5.87. The Morgan fingerprint density at radius 3 is 2.66 bits per heavy atom. The third-order valence-electron chi connectivity index (χ3n) is 4.46. The summed E-state index contributed by atoms with van der Waals surface area (Å²) in [5, 5.41) is 19.1. The first kappa shape index (κ1) is 20.6. The summed E-state index contributed by atoms with van der Waals surface area (Å²) in [6, 6.07) is 18.0. The lowest BCUT2D eigenvalue weighted by atomic mass is 10.1. The lowest BCUT2D eigenvalue weighted by Gasteiger charge is -2.13. The van der Waals surface area contributed by atoms with Crippen LogP contribution in [-0.2, 0) is 0 Å². The Labute approximate surface area is 171 Å². The van der Waals surface area contributed by atoms with E-state index in [4.69, 9.17) is 4.74 Å². The van der Waals surface area contributed by atoms with Crippen LogP contribution in [0, 0.1) is 0 Å². The van der Waals surface area contributed by atoms with Crippen LogP contribution in [0.25, 0.3) is 10.8 Å². The van der Waals surface area contributed by atoms with Crippen molar-refractivity contribution in [3.63, 3.8) is 0 Å². The highest BCUT2D eigenvalue weighted by Crippen LogP contribution is 2.20. The van der Waals surface area contributed by atoms with Crippen LogP contribution < -0.4 is 15.4 Å². The first-order valence-electron chi connectivity index (χ1n) is 9.98. The molecule has 1 unspecified atom stereocenters. The molecule has 29 heavy (non-hydrogen) atoms. The standard InChI is InChI=1S/C23H28N4O2/c1-2-25-23(27-17-22(28)19-10-13-24-14-11-19)26-12-5-15-29-21-9-8-18-6-3-4-7-20(18)16-21/h3-4,6-11,13-14,16,22,28H,2,5,12,15,17H2,1H3,(H2,25,26,27). The molecule has 0 saturated carbocycles. The van der Waals surface area contributed by atoms with Gasteiger partial charge in [-0.2, -0.15) is 0 Å². The quantitative estimate of drug-likeness (QED) is 0.296. The highest BCUT2D eigenvalue weighted by atomic mass is 16.5. The number of aliphatic imine (C=N–C) groups is 1. The van der Waals surface area contributed by atoms with Gasteiger partial charge in [-0.05, 0) is 53.9 Å². The predicted octanol–water partition coefficient (Wildman–Crippen LogP) is 3.29. The molecule has 1 heterocycles. The average molecular weight is 393 g/mol. The number of ether oxygens (including phenoxy) is 1. The predicted molar refractivity (Wildman–Crippen MR) is 117 cm³/mol. The topological polar surface area (TPSA) is 78.8 Å². The van der Waals surface area contributed by atoms with Crippen LogP contribution in [0.2, 0.25) is 0 Å². The van der Waals surface area contributed by atoms with Crippen molar-refractivity contribution in [3.8, 4) is 5.75 Å². The maximum absolute atomic E-state index is 10.2. The van der Waals surface area contributed by atoms with Gasteiger partial charge in [-0.25, -0.2) is 0 Å². The van der Waals surface area contributed by atoms with Gasteiger partial charge in [0.15, 0.2) is 5.96 Å². The van der Waals surface area contributed by atoms with Crippen LogP contribution in [0.5, 0.6) is 5.75 Å². The molecule has 152 valence electrons. The lowest BCUT2D eigenvalue weighted by Crippen LogP contribution is -2.38. The van der Waals surface area contributed by atoms with Gasteiger partial charge in [-0.15, -0.1) is 0 Å². The number of hydrogen-bond acceptors (Lipinski definition) is 4. The van der Waals surface area contributed by atoms with E-state index in [0.29, 0.717) is 12.6 Å². The van der Waals surface area contributed by atoms with Crippen molar-refractivity contribution in [2.45, 2.75) is 19.4 Å². The molecular formula is C23H28N4O2. The Hall–Kier alpha value is -3.12. The average Bonchev–Trinajstić information content (AvgIpc) is 2.77. The van der Waals surface area contributed by atoms with Crippen molar-refractivity contribution in [2.24, 2.45) is 4.99 Å². The third kappa shape index (κ3) is 6.47. The molecular weight excluding hydrogens is 364 g/mol. The van der Waals surface area contributed by atoms with Gasteiger partial charge in [-0.3, -0.25) is 9.98 Å². The molecule has 0 fully saturated rings. The van der Waals surface area contributed by atoms with Crippen molar-refractivity contribution in [1.82, 2.24) is 15.6 Å². The van der Waals surface area contributed by atoms with E-state index in [-0.39, 0.29) is 6.54 Å². The fraction of sp³-hybridized carbons (Fsp3) is 0.304. The first-order valence-corrected chi connectivity index (χ1v) is 9.98. The second-order valence-electron chi connectivity index (χ2n) is 6.65. The number of nitrogens with one attached hydrogen (secondary N) is 2. The molecule has 2 aromatic carbocycles. The summed E-state index contributed by atoms with van der Waals surface area (Å²) in [4.78, 5) is 8.43. The summed E-state index contributed by atoms with van der Waals surface area (Å²) in [6.07, 6.45) is 3.52. The zero-order valence-corrected chi connectivity index (χ0v) is 16.7. The zero-order chi connectivity index (χ0) is 20.3. The molecule has 0 aliphatic heterocycles. The van der Waals surface area contributed by atoms with Crippen molar-refractivity contribution in [2.75, 3.05) is 26.2 Å². The number of aliphatic hydroxyl groups excluding tert-OH is 1. The number of aliphatic hydroxyl groups is 1. The van der Waals surface area contributed by atoms with Crippen LogP contribution in [0.4, 0.5) is 0 Å². The smallest absolute Gasteiger partial charge is 0.191 e. The molecule has 0 radical (unpaired) electrons. The molecule has 0 bridgehead atoms. The highest BCUT2D eigenvalue weighted by Gasteiger charge is 2.07. The molecule has 0 spiro atoms. The van der Waals surface area contributed by atoms with Crippen LogP contribution in [-0.4, -0.2) is 42.3 Å². The van der Waals surface area contributed by atoms with Crippen LogP contribution in [0.1, 0.15) is 25.0 Å². The largest absolute Gasteiger partial charge is 0.494 e. The normalized spacial score (nSPS) is 12.6. The molecule has 0 amide bonds. The molecule has 6 nitrogen and oxygen atoms in total. The van der Waals surface area contributed by atoms with Gasteiger partial charge in [0.25, 0.3) is 0 Å². The Kier molecular flexibility index (Phi) is 7.83. The summed E-state index contributed by atoms with van der Waals surface area (Å²) in [5.74, 6) is 1.57. The summed E-state index contributed by atoms with van der Waals surface area (Å²) in [5.41, 5.74) is 0.809. The Morgan fingerprint density at radius 2 is 1.86 bits per heavy atom. The number of benzene rings is 2. The molecule has 0 saturated heterocycles. The fourth-order valence-electron chi connectivity index (χ4n) is 2.94. The molecule has 1 atom stereocenters. The summed E-state index contributed by atoms with van der Waals surface area (Å²) in [7, 11) is 0. The van der Waals surface area contributed by atoms with E-state index in [2.05, 4.69) is 44.9 Å². The third-order valence-corrected chi connectivity index (χ3v) is 4.46. The maximum Gasteiger partial charge on any atom is 0.191 e. The van der Waals surface area contributed by atoms with E-state index >= 15 is 0 Å². The molecule has 3 rings (SSSR count). The van der Waals surface area contributed by atoms with E-state index in [1.807, 2.05) is 25.1 Å². The monoisotopic (exact) mass is 392 g/mol. The number of fused-ring (bicyclic) bond motifs is 1. The van der Waals surface area contributed by atoms with Gasteiger partial charge in [0.05, 0.1) is 19.3 Å². The maximum atomic E-state index is 10.2. The number of pyridine rings is 1. The van der Waals surface area contributed by atoms with Crippen LogP contribution >= 0.6 is 0 Å². The van der Waals surface area contributed by atoms with E-state index in [1.165, 1.54) is 10.8 Å². The van der Waals surface area contributed by atoms with E-state index < -0.39 is 6.10 Å². The Bertz CT molecular complexity index is 915. The van der Waals surface area contributed by atoms with Gasteiger partial charge in [0.1, 0.15) is 5.75 Å². The van der Waals surface area contributed by atoms with Gasteiger partial charge in [-0.1, -0.05) is 30.3 Å². The minimum Gasteiger partial charge on any atom is -0.494 e. The number of rotatable bonds is 9. The van der Waals surface area contributed by atoms with Crippen molar-refractivity contribution >= 4 is 16.7 Å². The second-order valence-corrected chi connectivity index (χ2v) is 6.65. The number of guanidine groups is 1. The van der Waals surface area contributed by atoms with Gasteiger partial charge >= 0.3 is 0 Å². The Morgan fingerprint density at radius 1 is 1.07 bits per heavy atom. The van der Waals surface area contributed by atoms with Gasteiger partial charge in [0.2, 0.25) is 0 Å². The number of hydrogen-bond donors (Lipinski definition) is 3. The summed E-state index contributed by atoms with van der Waals surface area (Å²) in [6.45, 7) is 4.40. The van der Waals surface area contributed by atoms with Crippen molar-refractivity contribution in [1.29, 1.82) is 0 Å². The minimum atomic E-state index is -0.648. The van der Waals surface area contributed by atoms with Gasteiger partial charge in [0, 0.05) is 25.5 Å². The first-order chi connectivity index (χ1) is 14.3. The van der Waals surface area contributed by atoms with E-state index in [1.54, 1.807) is 24.5 Å². The van der Waals surface area contributed by atoms with Crippen molar-refractivity contribution < 1.29 is 9.84 Å². The lowest BCUT2D eigenvalue weighted by molar-refractivity contribution is 0.187. The molecule has 0 aliphatic carbocycles. The Balaban J connectivity index is 1.42. The van der Waals surface area contributed by atoms with Crippen LogP contribution in [0.3, 0.4) is 0 Å². The molecule has 3 N–H and O–H groups in total. The molecule has 6 heteroatoms. The number of aromatic nitrogens is 1. The molecule has 0 aliphatic rings. The zero-order valence-electron chi connectivity index (χ0n) is 16.7. The second kappa shape index (κ2) is 11.0. The molecule has 3 aromatic rings. The SMILES string of the molecule is CCNC(=NCC(O)c1ccncc1)NCCCOc1ccc2ccccc2c1. The van der Waals surface area contributed by atoms with E-state index in [9.17, 15) is 5.11 Å². The molecule has 1 aromatic heterocycles. The van der Waals surface area contributed by atoms with Gasteiger partial charge < -0.3 is 20.5 Å².